The standard InChI is InChI=1S/C14H21NO2/c1-5-14(4,15)13(16)11-8-6-7-9-12(11)17-10(2)3/h6-10H,5,15H2,1-4H3. The van der Waals surface area contributed by atoms with E-state index in [1.165, 1.54) is 0 Å². The smallest absolute Gasteiger partial charge is 0.186 e. The molecule has 3 heteroatoms. The van der Waals surface area contributed by atoms with Crippen LogP contribution >= 0.6 is 0 Å². The Morgan fingerprint density at radius 1 is 1.41 bits per heavy atom. The zero-order valence-electron chi connectivity index (χ0n) is 11.0. The third-order valence-corrected chi connectivity index (χ3v) is 2.75. The van der Waals surface area contributed by atoms with Gasteiger partial charge in [0.15, 0.2) is 5.78 Å². The van der Waals surface area contributed by atoms with Gasteiger partial charge in [-0.1, -0.05) is 19.1 Å². The number of ketones is 1. The molecule has 0 aliphatic heterocycles. The summed E-state index contributed by atoms with van der Waals surface area (Å²) in [4.78, 5) is 12.3. The van der Waals surface area contributed by atoms with Crippen molar-refractivity contribution in [1.82, 2.24) is 0 Å². The van der Waals surface area contributed by atoms with Gasteiger partial charge in [-0.05, 0) is 39.3 Å². The van der Waals surface area contributed by atoms with E-state index in [0.29, 0.717) is 17.7 Å². The van der Waals surface area contributed by atoms with Crippen LogP contribution in [0.2, 0.25) is 0 Å². The fourth-order valence-electron chi connectivity index (χ4n) is 1.48. The number of para-hydroxylation sites is 1. The lowest BCUT2D eigenvalue weighted by atomic mass is 9.89. The average molecular weight is 235 g/mol. The van der Waals surface area contributed by atoms with Crippen LogP contribution in [0.3, 0.4) is 0 Å². The van der Waals surface area contributed by atoms with Crippen LogP contribution in [-0.2, 0) is 0 Å². The van der Waals surface area contributed by atoms with Crippen molar-refractivity contribution in [3.05, 3.63) is 29.8 Å². The van der Waals surface area contributed by atoms with Gasteiger partial charge >= 0.3 is 0 Å². The second kappa shape index (κ2) is 5.32. The summed E-state index contributed by atoms with van der Waals surface area (Å²) in [7, 11) is 0. The normalized spacial score (nSPS) is 14.5. The van der Waals surface area contributed by atoms with Crippen molar-refractivity contribution in [2.75, 3.05) is 0 Å². The van der Waals surface area contributed by atoms with E-state index < -0.39 is 5.54 Å². The predicted octanol–water partition coefficient (Wildman–Crippen LogP) is 2.78. The minimum atomic E-state index is -0.837. The second-order valence-corrected chi connectivity index (χ2v) is 4.76. The lowest BCUT2D eigenvalue weighted by Gasteiger charge is -2.23. The maximum Gasteiger partial charge on any atom is 0.186 e. The van der Waals surface area contributed by atoms with E-state index in [4.69, 9.17) is 10.5 Å². The summed E-state index contributed by atoms with van der Waals surface area (Å²) < 4.78 is 5.63. The van der Waals surface area contributed by atoms with Crippen molar-refractivity contribution >= 4 is 5.78 Å². The molecule has 1 unspecified atom stereocenters. The first-order valence-electron chi connectivity index (χ1n) is 5.98. The topological polar surface area (TPSA) is 52.3 Å². The summed E-state index contributed by atoms with van der Waals surface area (Å²) in [6.45, 7) is 7.52. The second-order valence-electron chi connectivity index (χ2n) is 4.76. The highest BCUT2D eigenvalue weighted by atomic mass is 16.5. The number of Topliss-reactive ketones (excluding diaryl/α,β-unsaturated/α-hetero) is 1. The number of carbonyl (C=O) groups excluding carboxylic acids is 1. The van der Waals surface area contributed by atoms with Gasteiger partial charge in [-0.15, -0.1) is 0 Å². The van der Waals surface area contributed by atoms with E-state index >= 15 is 0 Å². The summed E-state index contributed by atoms with van der Waals surface area (Å²) in [6, 6.07) is 7.25. The number of ether oxygens (including phenoxy) is 1. The van der Waals surface area contributed by atoms with Crippen molar-refractivity contribution in [3.8, 4) is 5.75 Å². The molecule has 0 fully saturated rings. The first-order chi connectivity index (χ1) is 7.88. The monoisotopic (exact) mass is 235 g/mol. The molecule has 17 heavy (non-hydrogen) atoms. The summed E-state index contributed by atoms with van der Waals surface area (Å²) in [5, 5.41) is 0. The van der Waals surface area contributed by atoms with Crippen molar-refractivity contribution < 1.29 is 9.53 Å². The molecule has 0 aliphatic rings. The van der Waals surface area contributed by atoms with Gasteiger partial charge in [0.25, 0.3) is 0 Å². The Hall–Kier alpha value is -1.35. The number of carbonyl (C=O) groups is 1. The third kappa shape index (κ3) is 3.30. The Morgan fingerprint density at radius 3 is 2.53 bits per heavy atom. The quantitative estimate of drug-likeness (QED) is 0.798. The van der Waals surface area contributed by atoms with Gasteiger partial charge in [0.1, 0.15) is 5.75 Å². The molecule has 1 rings (SSSR count). The van der Waals surface area contributed by atoms with E-state index in [0.717, 1.165) is 0 Å². The molecule has 0 bridgehead atoms. The van der Waals surface area contributed by atoms with E-state index in [1.54, 1.807) is 19.1 Å². The highest BCUT2D eigenvalue weighted by Crippen LogP contribution is 2.24. The maximum absolute atomic E-state index is 12.3. The highest BCUT2D eigenvalue weighted by Gasteiger charge is 2.29. The molecule has 0 spiro atoms. The third-order valence-electron chi connectivity index (χ3n) is 2.75. The molecular formula is C14H21NO2. The Morgan fingerprint density at radius 2 is 2.00 bits per heavy atom. The number of hydrogen-bond donors (Lipinski definition) is 1. The molecule has 0 aromatic heterocycles. The molecule has 1 aromatic carbocycles. The molecule has 1 atom stereocenters. The van der Waals surface area contributed by atoms with Crippen LogP contribution in [0.4, 0.5) is 0 Å². The minimum Gasteiger partial charge on any atom is -0.490 e. The maximum atomic E-state index is 12.3. The summed E-state index contributed by atoms with van der Waals surface area (Å²) in [5.41, 5.74) is 5.71. The van der Waals surface area contributed by atoms with Gasteiger partial charge in [-0.2, -0.15) is 0 Å². The Bertz CT molecular complexity index is 397. The highest BCUT2D eigenvalue weighted by molar-refractivity contribution is 6.04. The Labute approximate surface area is 103 Å². The van der Waals surface area contributed by atoms with Crippen LogP contribution in [-0.4, -0.2) is 17.4 Å². The lowest BCUT2D eigenvalue weighted by molar-refractivity contribution is 0.0892. The van der Waals surface area contributed by atoms with Gasteiger partial charge < -0.3 is 10.5 Å². The SMILES string of the molecule is CCC(C)(N)C(=O)c1ccccc1OC(C)C. The zero-order valence-corrected chi connectivity index (χ0v) is 11.0. The summed E-state index contributed by atoms with van der Waals surface area (Å²) in [5.74, 6) is 0.536. The van der Waals surface area contributed by atoms with Gasteiger partial charge in [0.05, 0.1) is 17.2 Å². The molecule has 3 nitrogen and oxygen atoms in total. The number of nitrogens with two attached hydrogens (primary N) is 1. The van der Waals surface area contributed by atoms with Crippen molar-refractivity contribution in [3.63, 3.8) is 0 Å². The molecule has 0 saturated carbocycles. The van der Waals surface area contributed by atoms with Gasteiger partial charge in [-0.25, -0.2) is 0 Å². The van der Waals surface area contributed by atoms with E-state index in [9.17, 15) is 4.79 Å². The van der Waals surface area contributed by atoms with Gasteiger partial charge in [0, 0.05) is 0 Å². The lowest BCUT2D eigenvalue weighted by Crippen LogP contribution is -2.44. The van der Waals surface area contributed by atoms with Crippen molar-refractivity contribution in [2.45, 2.75) is 45.8 Å². The predicted molar refractivity (Wildman–Crippen MR) is 69.4 cm³/mol. The van der Waals surface area contributed by atoms with Crippen LogP contribution in [0.1, 0.15) is 44.5 Å². The van der Waals surface area contributed by atoms with Crippen LogP contribution in [0.25, 0.3) is 0 Å². The minimum absolute atomic E-state index is 0.0367. The van der Waals surface area contributed by atoms with Crippen LogP contribution in [0, 0.1) is 0 Å². The van der Waals surface area contributed by atoms with Crippen molar-refractivity contribution in [1.29, 1.82) is 0 Å². The molecular weight excluding hydrogens is 214 g/mol. The zero-order chi connectivity index (χ0) is 13.1. The van der Waals surface area contributed by atoms with E-state index in [2.05, 4.69) is 0 Å². The molecule has 0 saturated heterocycles. The van der Waals surface area contributed by atoms with Crippen LogP contribution in [0.5, 0.6) is 5.75 Å². The van der Waals surface area contributed by atoms with Gasteiger partial charge in [0.2, 0.25) is 0 Å². The first kappa shape index (κ1) is 13.7. The molecule has 0 amide bonds. The van der Waals surface area contributed by atoms with Crippen molar-refractivity contribution in [2.24, 2.45) is 5.73 Å². The fourth-order valence-corrected chi connectivity index (χ4v) is 1.48. The number of rotatable bonds is 5. The number of benzene rings is 1. The van der Waals surface area contributed by atoms with E-state index in [1.807, 2.05) is 32.9 Å². The van der Waals surface area contributed by atoms with Crippen LogP contribution < -0.4 is 10.5 Å². The van der Waals surface area contributed by atoms with Gasteiger partial charge in [-0.3, -0.25) is 4.79 Å². The fraction of sp³-hybridized carbons (Fsp3) is 0.500. The Balaban J connectivity index is 3.09. The van der Waals surface area contributed by atoms with E-state index in [-0.39, 0.29) is 11.9 Å². The Kier molecular flexibility index (Phi) is 4.29. The molecule has 0 aliphatic carbocycles. The summed E-state index contributed by atoms with van der Waals surface area (Å²) >= 11 is 0. The molecule has 0 radical (unpaired) electrons. The molecule has 2 N–H and O–H groups in total. The number of hydrogen-bond acceptors (Lipinski definition) is 3. The van der Waals surface area contributed by atoms with Crippen LogP contribution in [0.15, 0.2) is 24.3 Å². The molecule has 1 aromatic rings. The largest absolute Gasteiger partial charge is 0.490 e. The first-order valence-corrected chi connectivity index (χ1v) is 5.98. The average Bonchev–Trinajstić information content (AvgIpc) is 2.28. The molecule has 0 heterocycles. The molecule has 94 valence electrons. The summed E-state index contributed by atoms with van der Waals surface area (Å²) in [6.07, 6.45) is 0.636.